The Bertz CT molecular complexity index is 544. The maximum atomic E-state index is 11.1. The van der Waals surface area contributed by atoms with Crippen LogP contribution in [0.4, 0.5) is 0 Å². The first-order valence-electron chi connectivity index (χ1n) is 6.27. The second kappa shape index (κ2) is 4.71. The molecule has 94 valence electrons. The van der Waals surface area contributed by atoms with Crippen molar-refractivity contribution in [3.05, 3.63) is 45.9 Å². The molecule has 2 aromatic heterocycles. The second-order valence-corrected chi connectivity index (χ2v) is 5.48. The van der Waals surface area contributed by atoms with Crippen LogP contribution in [0.5, 0.6) is 0 Å². The summed E-state index contributed by atoms with van der Waals surface area (Å²) in [6.45, 7) is 5.14. The van der Waals surface area contributed by atoms with Gasteiger partial charge in [0.15, 0.2) is 6.29 Å². The Balaban J connectivity index is 2.09. The number of carbonyl (C=O) groups is 1. The molecule has 1 aliphatic rings. The van der Waals surface area contributed by atoms with Crippen LogP contribution < -0.4 is 0 Å². The van der Waals surface area contributed by atoms with E-state index in [1.165, 1.54) is 10.6 Å². The van der Waals surface area contributed by atoms with Gasteiger partial charge in [-0.3, -0.25) is 9.69 Å². The minimum atomic E-state index is 0.303. The van der Waals surface area contributed by atoms with Crippen molar-refractivity contribution in [3.63, 3.8) is 0 Å². The Morgan fingerprint density at radius 1 is 1.39 bits per heavy atom. The number of carbonyl (C=O) groups excluding carboxylic acids is 1. The van der Waals surface area contributed by atoms with E-state index < -0.39 is 0 Å². The van der Waals surface area contributed by atoms with Gasteiger partial charge in [0.05, 0.1) is 11.7 Å². The lowest BCUT2D eigenvalue weighted by Crippen LogP contribution is -2.38. The van der Waals surface area contributed by atoms with E-state index in [4.69, 9.17) is 0 Å². The quantitative estimate of drug-likeness (QED) is 0.793. The molecule has 0 aromatic carbocycles. The van der Waals surface area contributed by atoms with Gasteiger partial charge in [-0.2, -0.15) is 0 Å². The van der Waals surface area contributed by atoms with Crippen molar-refractivity contribution in [2.75, 3.05) is 13.1 Å². The SMILES string of the molecule is CCN1CCn2c(C=O)ccc2C1c1cccs1. The highest BCUT2D eigenvalue weighted by molar-refractivity contribution is 7.10. The van der Waals surface area contributed by atoms with Gasteiger partial charge in [0.2, 0.25) is 0 Å². The summed E-state index contributed by atoms with van der Waals surface area (Å²) < 4.78 is 2.16. The van der Waals surface area contributed by atoms with Gasteiger partial charge in [0, 0.05) is 23.7 Å². The van der Waals surface area contributed by atoms with Gasteiger partial charge in [-0.05, 0) is 30.1 Å². The highest BCUT2D eigenvalue weighted by Gasteiger charge is 2.29. The molecule has 18 heavy (non-hydrogen) atoms. The van der Waals surface area contributed by atoms with E-state index in [0.29, 0.717) is 6.04 Å². The molecule has 2 aromatic rings. The predicted molar refractivity (Wildman–Crippen MR) is 73.2 cm³/mol. The smallest absolute Gasteiger partial charge is 0.166 e. The Labute approximate surface area is 111 Å². The summed E-state index contributed by atoms with van der Waals surface area (Å²) in [7, 11) is 0. The van der Waals surface area contributed by atoms with Crippen molar-refractivity contribution >= 4 is 17.6 Å². The largest absolute Gasteiger partial charge is 0.339 e. The van der Waals surface area contributed by atoms with E-state index in [0.717, 1.165) is 31.6 Å². The first kappa shape index (κ1) is 11.7. The van der Waals surface area contributed by atoms with E-state index in [2.05, 4.69) is 40.0 Å². The standard InChI is InChI=1S/C14H16N2OS/c1-2-15-7-8-16-11(10-17)5-6-12(16)14(15)13-4-3-9-18-13/h3-6,9-10,14H,2,7-8H2,1H3. The molecular formula is C14H16N2OS. The van der Waals surface area contributed by atoms with Crippen LogP contribution in [-0.4, -0.2) is 28.8 Å². The lowest BCUT2D eigenvalue weighted by molar-refractivity contribution is 0.111. The van der Waals surface area contributed by atoms with Crippen LogP contribution in [0.25, 0.3) is 0 Å². The van der Waals surface area contributed by atoms with Crippen LogP contribution >= 0.6 is 11.3 Å². The minimum Gasteiger partial charge on any atom is -0.339 e. The molecule has 3 nitrogen and oxygen atoms in total. The van der Waals surface area contributed by atoms with Crippen LogP contribution in [0.2, 0.25) is 0 Å². The van der Waals surface area contributed by atoms with Crippen molar-refractivity contribution in [2.24, 2.45) is 0 Å². The first-order chi connectivity index (χ1) is 8.85. The number of nitrogens with zero attached hydrogens (tertiary/aromatic N) is 2. The summed E-state index contributed by atoms with van der Waals surface area (Å²) in [5, 5.41) is 2.12. The first-order valence-corrected chi connectivity index (χ1v) is 7.15. The molecule has 0 bridgehead atoms. The fourth-order valence-corrected chi connectivity index (χ4v) is 3.63. The molecule has 3 heterocycles. The van der Waals surface area contributed by atoms with Crippen molar-refractivity contribution in [1.29, 1.82) is 0 Å². The highest BCUT2D eigenvalue weighted by Crippen LogP contribution is 2.35. The zero-order valence-corrected chi connectivity index (χ0v) is 11.2. The zero-order chi connectivity index (χ0) is 12.5. The molecule has 0 amide bonds. The summed E-state index contributed by atoms with van der Waals surface area (Å²) in [6, 6.07) is 8.60. The number of hydrogen-bond acceptors (Lipinski definition) is 3. The van der Waals surface area contributed by atoms with E-state index in [9.17, 15) is 4.79 Å². The molecule has 0 radical (unpaired) electrons. The van der Waals surface area contributed by atoms with E-state index >= 15 is 0 Å². The van der Waals surface area contributed by atoms with Gasteiger partial charge >= 0.3 is 0 Å². The molecule has 3 rings (SSSR count). The van der Waals surface area contributed by atoms with Gasteiger partial charge in [-0.25, -0.2) is 0 Å². The summed E-state index contributed by atoms with van der Waals surface area (Å²) in [5.74, 6) is 0. The lowest BCUT2D eigenvalue weighted by Gasteiger charge is -2.36. The summed E-state index contributed by atoms with van der Waals surface area (Å²) in [4.78, 5) is 14.9. The van der Waals surface area contributed by atoms with E-state index in [1.54, 1.807) is 11.3 Å². The average molecular weight is 260 g/mol. The van der Waals surface area contributed by atoms with Gasteiger partial charge < -0.3 is 4.57 Å². The topological polar surface area (TPSA) is 25.2 Å². The maximum Gasteiger partial charge on any atom is 0.166 e. The van der Waals surface area contributed by atoms with Crippen LogP contribution in [0, 0.1) is 0 Å². The van der Waals surface area contributed by atoms with Crippen molar-refractivity contribution < 1.29 is 4.79 Å². The van der Waals surface area contributed by atoms with Crippen LogP contribution in [0.1, 0.15) is 34.0 Å². The number of fused-ring (bicyclic) bond motifs is 1. The molecule has 0 fully saturated rings. The normalized spacial score (nSPS) is 19.7. The monoisotopic (exact) mass is 260 g/mol. The molecular weight excluding hydrogens is 244 g/mol. The van der Waals surface area contributed by atoms with Gasteiger partial charge in [0.25, 0.3) is 0 Å². The molecule has 0 aliphatic carbocycles. The van der Waals surface area contributed by atoms with E-state index in [-0.39, 0.29) is 0 Å². The Hall–Kier alpha value is -1.39. The predicted octanol–water partition coefficient (Wildman–Crippen LogP) is 2.79. The number of aromatic nitrogens is 1. The summed E-state index contributed by atoms with van der Waals surface area (Å²) in [6.07, 6.45) is 0.955. The van der Waals surface area contributed by atoms with Gasteiger partial charge in [-0.15, -0.1) is 11.3 Å². The summed E-state index contributed by atoms with van der Waals surface area (Å²) >= 11 is 1.79. The van der Waals surface area contributed by atoms with Crippen LogP contribution in [0.15, 0.2) is 29.6 Å². The van der Waals surface area contributed by atoms with Gasteiger partial charge in [-0.1, -0.05) is 13.0 Å². The lowest BCUT2D eigenvalue weighted by atomic mass is 10.1. The highest BCUT2D eigenvalue weighted by atomic mass is 32.1. The van der Waals surface area contributed by atoms with Crippen LogP contribution in [-0.2, 0) is 6.54 Å². The number of likely N-dealkylation sites (N-methyl/N-ethyl adjacent to an activating group) is 1. The number of rotatable bonds is 3. The Morgan fingerprint density at radius 3 is 2.94 bits per heavy atom. The third kappa shape index (κ3) is 1.72. The number of thiophene rings is 1. The molecule has 0 saturated heterocycles. The van der Waals surface area contributed by atoms with E-state index in [1.807, 2.05) is 6.07 Å². The molecule has 1 aliphatic heterocycles. The third-order valence-corrected chi connectivity index (χ3v) is 4.57. The molecule has 0 N–H and O–H groups in total. The molecule has 4 heteroatoms. The zero-order valence-electron chi connectivity index (χ0n) is 10.4. The minimum absolute atomic E-state index is 0.303. The van der Waals surface area contributed by atoms with Crippen molar-refractivity contribution in [1.82, 2.24) is 9.47 Å². The Kier molecular flexibility index (Phi) is 3.06. The fraction of sp³-hybridized carbons (Fsp3) is 0.357. The third-order valence-electron chi connectivity index (χ3n) is 3.64. The average Bonchev–Trinajstić information content (AvgIpc) is 3.06. The van der Waals surface area contributed by atoms with Crippen LogP contribution in [0.3, 0.4) is 0 Å². The maximum absolute atomic E-state index is 11.1. The number of aldehydes is 1. The molecule has 0 saturated carbocycles. The fourth-order valence-electron chi connectivity index (χ4n) is 2.76. The Morgan fingerprint density at radius 2 is 2.28 bits per heavy atom. The molecule has 0 spiro atoms. The van der Waals surface area contributed by atoms with Crippen molar-refractivity contribution in [3.8, 4) is 0 Å². The summed E-state index contributed by atoms with van der Waals surface area (Å²) in [5.41, 5.74) is 2.04. The van der Waals surface area contributed by atoms with Gasteiger partial charge in [0.1, 0.15) is 0 Å². The second-order valence-electron chi connectivity index (χ2n) is 4.50. The van der Waals surface area contributed by atoms with Crippen molar-refractivity contribution in [2.45, 2.75) is 19.5 Å². The molecule has 1 atom stereocenters. The number of hydrogen-bond donors (Lipinski definition) is 0. The molecule has 1 unspecified atom stereocenters.